The number of nitrogens with one attached hydrogen (secondary N) is 1. The maximum absolute atomic E-state index is 14.7. The highest BCUT2D eigenvalue weighted by atomic mass is 35.5. The molecule has 0 aliphatic carbocycles. The van der Waals surface area contributed by atoms with Crippen LogP contribution in [0.1, 0.15) is 52.9 Å². The summed E-state index contributed by atoms with van der Waals surface area (Å²) in [6.45, 7) is 4.47. The fourth-order valence-corrected chi connectivity index (χ4v) is 4.89. The van der Waals surface area contributed by atoms with E-state index in [1.165, 1.54) is 4.90 Å². The highest BCUT2D eigenvalue weighted by molar-refractivity contribution is 6.30. The molecule has 2 aliphatic heterocycles. The van der Waals surface area contributed by atoms with E-state index in [1.807, 2.05) is 26.0 Å². The number of nitrogens with zero attached hydrogens (tertiary/aromatic N) is 1. The zero-order chi connectivity index (χ0) is 25.3. The first-order valence-corrected chi connectivity index (χ1v) is 12.2. The van der Waals surface area contributed by atoms with Crippen LogP contribution >= 0.6 is 11.6 Å². The summed E-state index contributed by atoms with van der Waals surface area (Å²) in [7, 11) is 0. The maximum atomic E-state index is 14.7. The summed E-state index contributed by atoms with van der Waals surface area (Å²) in [5, 5.41) is 12.8. The SMILES string of the molecule is CCCc1ccc(C)cc1C(=O)N1C[C@H](O)C[C@@H]1C(=O)N[C@@H](c1cc(F)c(Cl)cc1F)C1COC1. The van der Waals surface area contributed by atoms with Crippen molar-refractivity contribution in [3.8, 4) is 0 Å². The second-order valence-corrected chi connectivity index (χ2v) is 9.75. The van der Waals surface area contributed by atoms with Crippen LogP contribution in [0.25, 0.3) is 0 Å². The van der Waals surface area contributed by atoms with Gasteiger partial charge >= 0.3 is 0 Å². The second-order valence-electron chi connectivity index (χ2n) is 9.35. The van der Waals surface area contributed by atoms with Gasteiger partial charge in [-0.3, -0.25) is 9.59 Å². The lowest BCUT2D eigenvalue weighted by atomic mass is 9.90. The molecular weight excluding hydrogens is 478 g/mol. The molecule has 6 nitrogen and oxygen atoms in total. The Balaban J connectivity index is 1.61. The summed E-state index contributed by atoms with van der Waals surface area (Å²) in [6, 6.07) is 5.70. The Kier molecular flexibility index (Phi) is 7.73. The zero-order valence-corrected chi connectivity index (χ0v) is 20.4. The third kappa shape index (κ3) is 5.34. The lowest BCUT2D eigenvalue weighted by Gasteiger charge is -2.36. The van der Waals surface area contributed by atoms with Crippen molar-refractivity contribution in [1.82, 2.24) is 10.2 Å². The van der Waals surface area contributed by atoms with Crippen LogP contribution in [0.2, 0.25) is 5.02 Å². The first kappa shape index (κ1) is 25.5. The number of halogens is 3. The number of aliphatic hydroxyl groups excluding tert-OH is 1. The fraction of sp³-hybridized carbons (Fsp3) is 0.462. The number of likely N-dealkylation sites (tertiary alicyclic amines) is 1. The van der Waals surface area contributed by atoms with E-state index in [9.17, 15) is 23.5 Å². The Hall–Kier alpha value is -2.55. The molecule has 188 valence electrons. The number of β-amino-alcohol motifs (C(OH)–C–C–N with tert-alkyl or cyclic N) is 1. The zero-order valence-electron chi connectivity index (χ0n) is 19.7. The van der Waals surface area contributed by atoms with E-state index in [-0.39, 0.29) is 48.6 Å². The van der Waals surface area contributed by atoms with Crippen LogP contribution in [0.3, 0.4) is 0 Å². The summed E-state index contributed by atoms with van der Waals surface area (Å²) < 4.78 is 34.1. The van der Waals surface area contributed by atoms with Gasteiger partial charge in [0.25, 0.3) is 5.91 Å². The number of hydrogen-bond acceptors (Lipinski definition) is 4. The van der Waals surface area contributed by atoms with Crippen molar-refractivity contribution in [1.29, 1.82) is 0 Å². The Labute approximate surface area is 208 Å². The number of carbonyl (C=O) groups is 2. The van der Waals surface area contributed by atoms with Crippen LogP contribution in [-0.4, -0.2) is 53.7 Å². The van der Waals surface area contributed by atoms with Crippen molar-refractivity contribution in [3.05, 3.63) is 69.2 Å². The van der Waals surface area contributed by atoms with Crippen molar-refractivity contribution >= 4 is 23.4 Å². The summed E-state index contributed by atoms with van der Waals surface area (Å²) in [4.78, 5) is 28.3. The van der Waals surface area contributed by atoms with Crippen molar-refractivity contribution in [2.24, 2.45) is 5.92 Å². The van der Waals surface area contributed by atoms with Crippen molar-refractivity contribution in [3.63, 3.8) is 0 Å². The van der Waals surface area contributed by atoms with Gasteiger partial charge in [0.1, 0.15) is 17.7 Å². The molecular formula is C26H29ClF2N2O4. The topological polar surface area (TPSA) is 78.9 Å². The number of amides is 2. The lowest BCUT2D eigenvalue weighted by Crippen LogP contribution is -2.50. The number of hydrogen-bond donors (Lipinski definition) is 2. The number of carbonyl (C=O) groups excluding carboxylic acids is 2. The van der Waals surface area contributed by atoms with Gasteiger partial charge in [0, 0.05) is 30.0 Å². The van der Waals surface area contributed by atoms with Gasteiger partial charge in [0.05, 0.1) is 30.4 Å². The molecule has 2 heterocycles. The summed E-state index contributed by atoms with van der Waals surface area (Å²) in [5.41, 5.74) is 2.27. The molecule has 0 radical (unpaired) electrons. The smallest absolute Gasteiger partial charge is 0.254 e. The minimum Gasteiger partial charge on any atom is -0.391 e. The number of aliphatic hydroxyl groups is 1. The first-order valence-electron chi connectivity index (χ1n) is 11.8. The molecule has 3 atom stereocenters. The quantitative estimate of drug-likeness (QED) is 0.557. The summed E-state index contributed by atoms with van der Waals surface area (Å²) in [5.74, 6) is -2.67. The van der Waals surface area contributed by atoms with Crippen LogP contribution in [0, 0.1) is 24.5 Å². The molecule has 0 bridgehead atoms. The molecule has 2 aliphatic rings. The standard InChI is InChI=1S/C26H29ClF2N2O4/c1-3-4-15-6-5-14(2)7-18(15)26(34)31-11-17(32)8-23(31)25(33)30-24(16-12-35-13-16)19-9-22(29)20(27)10-21(19)28/h5-7,9-10,16-17,23-24,32H,3-4,8,11-13H2,1-2H3,(H,30,33)/t17-,23-,24-/m1/s1. The number of rotatable bonds is 7. The third-order valence-corrected chi connectivity index (χ3v) is 6.95. The molecule has 2 fully saturated rings. The van der Waals surface area contributed by atoms with Crippen molar-refractivity contribution < 1.29 is 28.2 Å². The van der Waals surface area contributed by atoms with Crippen LogP contribution in [0.15, 0.2) is 30.3 Å². The van der Waals surface area contributed by atoms with Crippen molar-refractivity contribution in [2.75, 3.05) is 19.8 Å². The minimum atomic E-state index is -0.948. The predicted molar refractivity (Wildman–Crippen MR) is 127 cm³/mol. The molecule has 2 amide bonds. The van der Waals surface area contributed by atoms with E-state index in [4.69, 9.17) is 16.3 Å². The molecule has 2 saturated heterocycles. The highest BCUT2D eigenvalue weighted by Gasteiger charge is 2.42. The van der Waals surface area contributed by atoms with E-state index >= 15 is 0 Å². The van der Waals surface area contributed by atoms with Crippen LogP contribution in [-0.2, 0) is 16.0 Å². The van der Waals surface area contributed by atoms with E-state index in [0.717, 1.165) is 29.7 Å². The number of ether oxygens (including phenoxy) is 1. The Morgan fingerprint density at radius 1 is 1.23 bits per heavy atom. The molecule has 35 heavy (non-hydrogen) atoms. The fourth-order valence-electron chi connectivity index (χ4n) is 4.74. The van der Waals surface area contributed by atoms with Gasteiger partial charge in [-0.25, -0.2) is 8.78 Å². The number of benzene rings is 2. The molecule has 0 aromatic heterocycles. The van der Waals surface area contributed by atoms with E-state index in [1.54, 1.807) is 6.07 Å². The van der Waals surface area contributed by atoms with Crippen LogP contribution < -0.4 is 5.32 Å². The monoisotopic (exact) mass is 506 g/mol. The van der Waals surface area contributed by atoms with E-state index in [0.29, 0.717) is 12.0 Å². The molecule has 9 heteroatoms. The van der Waals surface area contributed by atoms with Crippen LogP contribution in [0.5, 0.6) is 0 Å². The second kappa shape index (κ2) is 10.6. The predicted octanol–water partition coefficient (Wildman–Crippen LogP) is 3.96. The van der Waals surface area contributed by atoms with Gasteiger partial charge in [-0.15, -0.1) is 0 Å². The first-order chi connectivity index (χ1) is 16.7. The Morgan fingerprint density at radius 2 is 1.97 bits per heavy atom. The average Bonchev–Trinajstić information content (AvgIpc) is 3.17. The molecule has 0 spiro atoms. The average molecular weight is 507 g/mol. The largest absolute Gasteiger partial charge is 0.391 e. The molecule has 0 unspecified atom stereocenters. The van der Waals surface area contributed by atoms with E-state index in [2.05, 4.69) is 5.32 Å². The maximum Gasteiger partial charge on any atom is 0.254 e. The van der Waals surface area contributed by atoms with Gasteiger partial charge in [-0.05, 0) is 37.1 Å². The van der Waals surface area contributed by atoms with Crippen molar-refractivity contribution in [2.45, 2.75) is 51.3 Å². The third-order valence-electron chi connectivity index (χ3n) is 6.67. The minimum absolute atomic E-state index is 0.0115. The van der Waals surface area contributed by atoms with Gasteiger partial charge in [0.2, 0.25) is 5.91 Å². The molecule has 2 aromatic carbocycles. The summed E-state index contributed by atoms with van der Waals surface area (Å²) >= 11 is 5.70. The van der Waals surface area contributed by atoms with E-state index < -0.39 is 35.7 Å². The van der Waals surface area contributed by atoms with Gasteiger partial charge in [-0.1, -0.05) is 42.6 Å². The lowest BCUT2D eigenvalue weighted by molar-refractivity contribution is -0.128. The molecule has 2 N–H and O–H groups in total. The molecule has 4 rings (SSSR count). The summed E-state index contributed by atoms with van der Waals surface area (Å²) in [6.07, 6.45) is 0.742. The number of aryl methyl sites for hydroxylation is 2. The Bertz CT molecular complexity index is 1120. The molecule has 2 aromatic rings. The van der Waals surface area contributed by atoms with Gasteiger partial charge < -0.3 is 20.1 Å². The van der Waals surface area contributed by atoms with Gasteiger partial charge in [0.15, 0.2) is 0 Å². The molecule has 0 saturated carbocycles. The Morgan fingerprint density at radius 3 is 2.63 bits per heavy atom. The normalized spacial score (nSPS) is 21.0. The van der Waals surface area contributed by atoms with Gasteiger partial charge in [-0.2, -0.15) is 0 Å². The van der Waals surface area contributed by atoms with Crippen LogP contribution in [0.4, 0.5) is 8.78 Å². The highest BCUT2D eigenvalue weighted by Crippen LogP contribution is 2.33.